The van der Waals surface area contributed by atoms with E-state index in [1.54, 1.807) is 6.20 Å². The minimum atomic E-state index is 0.706. The van der Waals surface area contributed by atoms with Crippen LogP contribution in [-0.4, -0.2) is 4.98 Å². The van der Waals surface area contributed by atoms with Crippen molar-refractivity contribution in [2.24, 2.45) is 0 Å². The molecule has 0 saturated carbocycles. The number of nitrogen functional groups attached to an aromatic ring is 1. The van der Waals surface area contributed by atoms with E-state index in [0.29, 0.717) is 5.69 Å². The smallest absolute Gasteiger partial charge is 0.0738 e. The quantitative estimate of drug-likeness (QED) is 0.704. The summed E-state index contributed by atoms with van der Waals surface area (Å²) in [6, 6.07) is 14.8. The predicted octanol–water partition coefficient (Wildman–Crippen LogP) is 4.10. The number of hydrogen-bond acceptors (Lipinski definition) is 2. The zero-order valence-corrected chi connectivity index (χ0v) is 11.1. The van der Waals surface area contributed by atoms with E-state index in [1.165, 1.54) is 21.9 Å². The van der Waals surface area contributed by atoms with Crippen molar-refractivity contribution < 1.29 is 0 Å². The Morgan fingerprint density at radius 3 is 2.63 bits per heavy atom. The molecule has 0 fully saturated rings. The minimum absolute atomic E-state index is 0.706. The summed E-state index contributed by atoms with van der Waals surface area (Å²) in [5, 5.41) is 2.48. The number of aryl methyl sites for hydroxylation is 2. The fraction of sp³-hybridized carbons (Fsp3) is 0.118. The molecule has 0 aliphatic carbocycles. The maximum Gasteiger partial charge on any atom is 0.0738 e. The Hall–Kier alpha value is -2.35. The Kier molecular flexibility index (Phi) is 2.71. The molecule has 0 aliphatic rings. The lowest BCUT2D eigenvalue weighted by atomic mass is 9.98. The van der Waals surface area contributed by atoms with Crippen LogP contribution in [-0.2, 0) is 0 Å². The number of fused-ring (bicyclic) bond motifs is 1. The predicted molar refractivity (Wildman–Crippen MR) is 81.1 cm³/mol. The lowest BCUT2D eigenvalue weighted by molar-refractivity contribution is 1.28. The number of nitrogens with two attached hydrogens (primary N) is 1. The third kappa shape index (κ3) is 2.06. The molecule has 3 rings (SSSR count). The first-order chi connectivity index (χ1) is 9.15. The summed E-state index contributed by atoms with van der Waals surface area (Å²) in [4.78, 5) is 4.50. The van der Waals surface area contributed by atoms with Crippen LogP contribution in [0.1, 0.15) is 11.1 Å². The number of anilines is 1. The molecule has 0 saturated heterocycles. The summed E-state index contributed by atoms with van der Waals surface area (Å²) in [7, 11) is 0. The molecular formula is C17H16N2. The van der Waals surface area contributed by atoms with Crippen molar-refractivity contribution in [3.63, 3.8) is 0 Å². The van der Waals surface area contributed by atoms with Crippen molar-refractivity contribution in [3.8, 4) is 11.3 Å². The molecule has 1 heterocycles. The molecule has 2 nitrogen and oxygen atoms in total. The van der Waals surface area contributed by atoms with Gasteiger partial charge in [-0.15, -0.1) is 0 Å². The molecule has 19 heavy (non-hydrogen) atoms. The number of pyridine rings is 1. The van der Waals surface area contributed by atoms with Crippen LogP contribution in [0.2, 0.25) is 0 Å². The number of nitrogens with zero attached hydrogens (tertiary/aromatic N) is 1. The molecule has 2 heteroatoms. The highest BCUT2D eigenvalue weighted by Gasteiger charge is 2.08. The van der Waals surface area contributed by atoms with Gasteiger partial charge in [-0.3, -0.25) is 4.98 Å². The van der Waals surface area contributed by atoms with E-state index in [-0.39, 0.29) is 0 Å². The van der Waals surface area contributed by atoms with Gasteiger partial charge in [-0.25, -0.2) is 0 Å². The van der Waals surface area contributed by atoms with Crippen molar-refractivity contribution in [1.82, 2.24) is 4.98 Å². The van der Waals surface area contributed by atoms with Crippen LogP contribution in [0.15, 0.2) is 48.7 Å². The van der Waals surface area contributed by atoms with Crippen molar-refractivity contribution in [2.45, 2.75) is 13.8 Å². The minimum Gasteiger partial charge on any atom is -0.397 e. The van der Waals surface area contributed by atoms with Gasteiger partial charge in [0.25, 0.3) is 0 Å². The number of hydrogen-bond donors (Lipinski definition) is 1. The van der Waals surface area contributed by atoms with Gasteiger partial charge in [0.15, 0.2) is 0 Å². The highest BCUT2D eigenvalue weighted by Crippen LogP contribution is 2.30. The van der Waals surface area contributed by atoms with Crippen LogP contribution >= 0.6 is 0 Å². The summed E-state index contributed by atoms with van der Waals surface area (Å²) in [5.41, 5.74) is 11.0. The lowest BCUT2D eigenvalue weighted by Crippen LogP contribution is -1.93. The molecule has 1 aromatic heterocycles. The molecular weight excluding hydrogens is 232 g/mol. The van der Waals surface area contributed by atoms with Crippen molar-refractivity contribution in [1.29, 1.82) is 0 Å². The Balaban J connectivity index is 2.33. The van der Waals surface area contributed by atoms with E-state index in [4.69, 9.17) is 5.73 Å². The number of rotatable bonds is 1. The fourth-order valence-electron chi connectivity index (χ4n) is 2.47. The third-order valence-corrected chi connectivity index (χ3v) is 3.39. The highest BCUT2D eigenvalue weighted by molar-refractivity contribution is 5.96. The summed E-state index contributed by atoms with van der Waals surface area (Å²) < 4.78 is 0. The number of aromatic nitrogens is 1. The van der Waals surface area contributed by atoms with E-state index in [1.807, 2.05) is 13.0 Å². The monoisotopic (exact) mass is 248 g/mol. The number of benzene rings is 2. The second-order valence-corrected chi connectivity index (χ2v) is 4.96. The van der Waals surface area contributed by atoms with E-state index < -0.39 is 0 Å². The molecule has 0 radical (unpaired) electrons. The van der Waals surface area contributed by atoms with Crippen LogP contribution in [0.25, 0.3) is 22.0 Å². The molecule has 2 aromatic carbocycles. The van der Waals surface area contributed by atoms with Crippen LogP contribution in [0.3, 0.4) is 0 Å². The molecule has 0 aliphatic heterocycles. The summed E-state index contributed by atoms with van der Waals surface area (Å²) >= 11 is 0. The third-order valence-electron chi connectivity index (χ3n) is 3.39. The van der Waals surface area contributed by atoms with E-state index in [2.05, 4.69) is 48.3 Å². The topological polar surface area (TPSA) is 38.9 Å². The zero-order valence-electron chi connectivity index (χ0n) is 11.1. The Labute approximate surface area is 112 Å². The summed E-state index contributed by atoms with van der Waals surface area (Å²) in [5.74, 6) is 0. The first kappa shape index (κ1) is 11.7. The molecule has 3 aromatic rings. The first-order valence-corrected chi connectivity index (χ1v) is 6.37. The summed E-state index contributed by atoms with van der Waals surface area (Å²) in [6.45, 7) is 4.16. The highest BCUT2D eigenvalue weighted by atomic mass is 14.7. The fourth-order valence-corrected chi connectivity index (χ4v) is 2.47. The molecule has 0 bridgehead atoms. The van der Waals surface area contributed by atoms with E-state index in [0.717, 1.165) is 11.3 Å². The van der Waals surface area contributed by atoms with Gasteiger partial charge < -0.3 is 5.73 Å². The molecule has 0 atom stereocenters. The Morgan fingerprint density at radius 1 is 1.00 bits per heavy atom. The molecule has 0 amide bonds. The van der Waals surface area contributed by atoms with Gasteiger partial charge in [-0.1, -0.05) is 42.0 Å². The van der Waals surface area contributed by atoms with Crippen molar-refractivity contribution >= 4 is 16.5 Å². The van der Waals surface area contributed by atoms with Gasteiger partial charge in [0.2, 0.25) is 0 Å². The average Bonchev–Trinajstić information content (AvgIpc) is 2.38. The average molecular weight is 248 g/mol. The second kappa shape index (κ2) is 4.39. The molecule has 0 spiro atoms. The van der Waals surface area contributed by atoms with Crippen LogP contribution < -0.4 is 5.73 Å². The maximum absolute atomic E-state index is 5.78. The standard InChI is InChI=1S/C17H16N2/c1-11-6-7-13-4-3-5-15(16(13)8-11)17-12(2)9-14(18)10-19-17/h3-10H,18H2,1-2H3. The maximum atomic E-state index is 5.78. The largest absolute Gasteiger partial charge is 0.397 e. The first-order valence-electron chi connectivity index (χ1n) is 6.37. The Bertz CT molecular complexity index is 760. The molecule has 94 valence electrons. The normalized spacial score (nSPS) is 10.8. The lowest BCUT2D eigenvalue weighted by Gasteiger charge is -2.10. The van der Waals surface area contributed by atoms with Gasteiger partial charge >= 0.3 is 0 Å². The van der Waals surface area contributed by atoms with Crippen LogP contribution in [0, 0.1) is 13.8 Å². The van der Waals surface area contributed by atoms with Crippen LogP contribution in [0.4, 0.5) is 5.69 Å². The molecule has 2 N–H and O–H groups in total. The van der Waals surface area contributed by atoms with E-state index in [9.17, 15) is 0 Å². The van der Waals surface area contributed by atoms with Gasteiger partial charge in [-0.05, 0) is 36.2 Å². The van der Waals surface area contributed by atoms with Crippen molar-refractivity contribution in [2.75, 3.05) is 5.73 Å². The van der Waals surface area contributed by atoms with Gasteiger partial charge in [0.1, 0.15) is 0 Å². The second-order valence-electron chi connectivity index (χ2n) is 4.96. The van der Waals surface area contributed by atoms with E-state index >= 15 is 0 Å². The van der Waals surface area contributed by atoms with Gasteiger partial charge in [-0.2, -0.15) is 0 Å². The Morgan fingerprint density at radius 2 is 1.84 bits per heavy atom. The van der Waals surface area contributed by atoms with Crippen LogP contribution in [0.5, 0.6) is 0 Å². The van der Waals surface area contributed by atoms with Crippen molar-refractivity contribution in [3.05, 3.63) is 59.8 Å². The van der Waals surface area contributed by atoms with Gasteiger partial charge in [0, 0.05) is 5.56 Å². The SMILES string of the molecule is Cc1ccc2cccc(-c3ncc(N)cc3C)c2c1. The summed E-state index contributed by atoms with van der Waals surface area (Å²) in [6.07, 6.45) is 1.72. The van der Waals surface area contributed by atoms with Gasteiger partial charge in [0.05, 0.1) is 17.6 Å². The molecule has 0 unspecified atom stereocenters. The zero-order chi connectivity index (χ0) is 13.4.